The minimum absolute atomic E-state index is 0.377. The number of likely N-dealkylation sites (tertiary alicyclic amines) is 1. The predicted octanol–water partition coefficient (Wildman–Crippen LogP) is 2.92. The predicted molar refractivity (Wildman–Crippen MR) is 82.1 cm³/mol. The lowest BCUT2D eigenvalue weighted by Gasteiger charge is -2.49. The van der Waals surface area contributed by atoms with Gasteiger partial charge in [-0.25, -0.2) is 0 Å². The standard InChI is InChI=1S/C17H28N2/c1-14-13-19(3)15(2)11-17(14,9-10-18)12-16-7-5-4-6-8-16/h4-8,14-15H,9-13,18H2,1-3H3/t14-,15-,17-/m1/s1. The van der Waals surface area contributed by atoms with E-state index in [0.29, 0.717) is 17.4 Å². The molecule has 1 aromatic carbocycles. The number of hydrogen-bond acceptors (Lipinski definition) is 2. The van der Waals surface area contributed by atoms with Gasteiger partial charge >= 0.3 is 0 Å². The van der Waals surface area contributed by atoms with Crippen molar-refractivity contribution in [2.45, 2.75) is 39.2 Å². The summed E-state index contributed by atoms with van der Waals surface area (Å²) < 4.78 is 0. The smallest absolute Gasteiger partial charge is 0.00695 e. The van der Waals surface area contributed by atoms with Crippen LogP contribution in [0, 0.1) is 11.3 Å². The molecule has 106 valence electrons. The normalized spacial score (nSPS) is 32.4. The number of nitrogens with two attached hydrogens (primary N) is 1. The fraction of sp³-hybridized carbons (Fsp3) is 0.647. The monoisotopic (exact) mass is 260 g/mol. The highest BCUT2D eigenvalue weighted by atomic mass is 15.1. The first-order valence-electron chi connectivity index (χ1n) is 7.51. The molecule has 0 amide bonds. The second-order valence-electron chi connectivity index (χ2n) is 6.46. The molecule has 0 aromatic heterocycles. The second-order valence-corrected chi connectivity index (χ2v) is 6.46. The van der Waals surface area contributed by atoms with Gasteiger partial charge in [0.15, 0.2) is 0 Å². The lowest BCUT2D eigenvalue weighted by atomic mass is 9.64. The van der Waals surface area contributed by atoms with Crippen LogP contribution < -0.4 is 5.73 Å². The van der Waals surface area contributed by atoms with Gasteiger partial charge in [-0.3, -0.25) is 0 Å². The first kappa shape index (κ1) is 14.5. The van der Waals surface area contributed by atoms with Crippen molar-refractivity contribution in [3.63, 3.8) is 0 Å². The molecule has 0 bridgehead atoms. The maximum atomic E-state index is 5.93. The van der Waals surface area contributed by atoms with Crippen LogP contribution in [0.3, 0.4) is 0 Å². The molecule has 1 aromatic rings. The molecule has 1 heterocycles. The first-order chi connectivity index (χ1) is 9.07. The first-order valence-corrected chi connectivity index (χ1v) is 7.51. The van der Waals surface area contributed by atoms with Crippen LogP contribution in [-0.4, -0.2) is 31.1 Å². The van der Waals surface area contributed by atoms with Gasteiger partial charge in [-0.1, -0.05) is 37.3 Å². The molecule has 0 radical (unpaired) electrons. The van der Waals surface area contributed by atoms with E-state index in [2.05, 4.69) is 56.1 Å². The zero-order chi connectivity index (χ0) is 13.9. The topological polar surface area (TPSA) is 29.3 Å². The summed E-state index contributed by atoms with van der Waals surface area (Å²) in [4.78, 5) is 2.49. The summed E-state index contributed by atoms with van der Waals surface area (Å²) in [6, 6.07) is 11.6. The third-order valence-corrected chi connectivity index (χ3v) is 5.10. The largest absolute Gasteiger partial charge is 0.330 e. The molecular weight excluding hydrogens is 232 g/mol. The highest BCUT2D eigenvalue weighted by Crippen LogP contribution is 2.44. The molecule has 0 saturated carbocycles. The van der Waals surface area contributed by atoms with E-state index in [1.54, 1.807) is 0 Å². The molecule has 1 aliphatic rings. The van der Waals surface area contributed by atoms with Crippen LogP contribution in [0.4, 0.5) is 0 Å². The zero-order valence-electron chi connectivity index (χ0n) is 12.6. The number of nitrogens with zero attached hydrogens (tertiary/aromatic N) is 1. The summed E-state index contributed by atoms with van der Waals surface area (Å²) in [6.07, 6.45) is 3.57. The minimum Gasteiger partial charge on any atom is -0.330 e. The average Bonchev–Trinajstić information content (AvgIpc) is 2.38. The van der Waals surface area contributed by atoms with E-state index in [4.69, 9.17) is 5.73 Å². The Hall–Kier alpha value is -0.860. The molecule has 0 unspecified atom stereocenters. The third-order valence-electron chi connectivity index (χ3n) is 5.10. The van der Waals surface area contributed by atoms with Gasteiger partial charge in [0.25, 0.3) is 0 Å². The highest BCUT2D eigenvalue weighted by molar-refractivity contribution is 5.17. The van der Waals surface area contributed by atoms with E-state index in [0.717, 1.165) is 13.0 Å². The molecule has 0 aliphatic carbocycles. The Morgan fingerprint density at radius 3 is 2.58 bits per heavy atom. The van der Waals surface area contributed by atoms with Crippen LogP contribution >= 0.6 is 0 Å². The van der Waals surface area contributed by atoms with Crippen molar-refractivity contribution in [1.82, 2.24) is 4.90 Å². The molecule has 1 aliphatic heterocycles. The maximum Gasteiger partial charge on any atom is 0.00695 e. The Balaban J connectivity index is 2.21. The Labute approximate surface area is 118 Å². The van der Waals surface area contributed by atoms with Gasteiger partial charge in [0.1, 0.15) is 0 Å². The molecule has 2 N–H and O–H groups in total. The van der Waals surface area contributed by atoms with E-state index in [1.165, 1.54) is 24.9 Å². The number of hydrogen-bond donors (Lipinski definition) is 1. The summed E-state index contributed by atoms with van der Waals surface area (Å²) in [7, 11) is 2.25. The third kappa shape index (κ3) is 3.18. The zero-order valence-corrected chi connectivity index (χ0v) is 12.6. The Morgan fingerprint density at radius 2 is 1.95 bits per heavy atom. The van der Waals surface area contributed by atoms with Crippen molar-refractivity contribution in [1.29, 1.82) is 0 Å². The van der Waals surface area contributed by atoms with E-state index in [-0.39, 0.29) is 0 Å². The van der Waals surface area contributed by atoms with Crippen molar-refractivity contribution in [3.05, 3.63) is 35.9 Å². The van der Waals surface area contributed by atoms with Crippen LogP contribution in [0.5, 0.6) is 0 Å². The van der Waals surface area contributed by atoms with Gasteiger partial charge < -0.3 is 10.6 Å². The summed E-state index contributed by atoms with van der Waals surface area (Å²) in [6.45, 7) is 6.74. The molecule has 2 heteroatoms. The van der Waals surface area contributed by atoms with E-state index >= 15 is 0 Å². The van der Waals surface area contributed by atoms with Crippen molar-refractivity contribution < 1.29 is 0 Å². The van der Waals surface area contributed by atoms with E-state index in [1.807, 2.05) is 0 Å². The van der Waals surface area contributed by atoms with Crippen LogP contribution in [0.1, 0.15) is 32.3 Å². The molecular formula is C17H28N2. The number of rotatable bonds is 4. The van der Waals surface area contributed by atoms with Gasteiger partial charge in [-0.2, -0.15) is 0 Å². The molecule has 2 nitrogen and oxygen atoms in total. The molecule has 19 heavy (non-hydrogen) atoms. The number of piperidine rings is 1. The SMILES string of the molecule is C[C@@H]1C[C@](CCN)(Cc2ccccc2)[C@H](C)CN1C. The van der Waals surface area contributed by atoms with Crippen molar-refractivity contribution >= 4 is 0 Å². The highest BCUT2D eigenvalue weighted by Gasteiger charge is 2.41. The van der Waals surface area contributed by atoms with Crippen molar-refractivity contribution in [3.8, 4) is 0 Å². The average molecular weight is 260 g/mol. The van der Waals surface area contributed by atoms with E-state index in [9.17, 15) is 0 Å². The Morgan fingerprint density at radius 1 is 1.26 bits per heavy atom. The van der Waals surface area contributed by atoms with Crippen molar-refractivity contribution in [2.24, 2.45) is 17.1 Å². The summed E-state index contributed by atoms with van der Waals surface area (Å²) in [5, 5.41) is 0. The minimum atomic E-state index is 0.377. The van der Waals surface area contributed by atoms with Gasteiger partial charge in [0.2, 0.25) is 0 Å². The van der Waals surface area contributed by atoms with Crippen molar-refractivity contribution in [2.75, 3.05) is 20.1 Å². The van der Waals surface area contributed by atoms with Crippen LogP contribution in [-0.2, 0) is 6.42 Å². The van der Waals surface area contributed by atoms with Crippen LogP contribution in [0.25, 0.3) is 0 Å². The molecule has 1 fully saturated rings. The molecule has 3 atom stereocenters. The van der Waals surface area contributed by atoms with E-state index < -0.39 is 0 Å². The van der Waals surface area contributed by atoms with Crippen LogP contribution in [0.2, 0.25) is 0 Å². The second kappa shape index (κ2) is 6.06. The quantitative estimate of drug-likeness (QED) is 0.902. The lowest BCUT2D eigenvalue weighted by Crippen LogP contribution is -2.50. The summed E-state index contributed by atoms with van der Waals surface area (Å²) >= 11 is 0. The van der Waals surface area contributed by atoms with Crippen LogP contribution in [0.15, 0.2) is 30.3 Å². The lowest BCUT2D eigenvalue weighted by molar-refractivity contribution is 0.0148. The fourth-order valence-corrected chi connectivity index (χ4v) is 3.72. The molecule has 1 saturated heterocycles. The van der Waals surface area contributed by atoms with Gasteiger partial charge in [0.05, 0.1) is 0 Å². The van der Waals surface area contributed by atoms with Gasteiger partial charge in [-0.05, 0) is 56.7 Å². The fourth-order valence-electron chi connectivity index (χ4n) is 3.72. The number of benzene rings is 1. The summed E-state index contributed by atoms with van der Waals surface area (Å²) in [5.41, 5.74) is 7.76. The van der Waals surface area contributed by atoms with Gasteiger partial charge in [0, 0.05) is 12.6 Å². The van der Waals surface area contributed by atoms with Gasteiger partial charge in [-0.15, -0.1) is 0 Å². The molecule has 2 rings (SSSR count). The Bertz CT molecular complexity index is 390. The maximum absolute atomic E-state index is 5.93. The Kier molecular flexibility index (Phi) is 4.64. The molecule has 0 spiro atoms. The summed E-state index contributed by atoms with van der Waals surface area (Å²) in [5.74, 6) is 0.706.